The first-order chi connectivity index (χ1) is 12.7. The molecule has 0 spiro atoms. The summed E-state index contributed by atoms with van der Waals surface area (Å²) >= 11 is 0. The van der Waals surface area contributed by atoms with E-state index in [0.29, 0.717) is 41.5 Å². The highest BCUT2D eigenvalue weighted by Crippen LogP contribution is 2.31. The van der Waals surface area contributed by atoms with Gasteiger partial charge < -0.3 is 29.4 Å². The smallest absolute Gasteiger partial charge is 0.167 e. The third kappa shape index (κ3) is 2.98. The van der Waals surface area contributed by atoms with Gasteiger partial charge in [0, 0.05) is 12.5 Å². The Morgan fingerprint density at radius 2 is 2.27 bits per heavy atom. The highest BCUT2D eigenvalue weighted by molar-refractivity contribution is 5.82. The Kier molecular flexibility index (Phi) is 4.45. The molecule has 1 unspecified atom stereocenters. The van der Waals surface area contributed by atoms with Gasteiger partial charge in [-0.1, -0.05) is 0 Å². The van der Waals surface area contributed by atoms with Gasteiger partial charge in [-0.05, 0) is 0 Å². The molecule has 3 aromatic rings. The van der Waals surface area contributed by atoms with E-state index in [-0.39, 0.29) is 6.61 Å². The van der Waals surface area contributed by atoms with E-state index in [1.807, 2.05) is 0 Å². The summed E-state index contributed by atoms with van der Waals surface area (Å²) in [6, 6.07) is 1.78. The molecular formula is C16H19N5O5. The molecule has 1 saturated heterocycles. The molecular weight excluding hydrogens is 342 g/mol. The molecule has 0 bridgehead atoms. The predicted octanol–water partition coefficient (Wildman–Crippen LogP) is 0.681. The predicted molar refractivity (Wildman–Crippen MR) is 89.5 cm³/mol. The Hall–Kier alpha value is -2.69. The molecule has 3 atom stereocenters. The van der Waals surface area contributed by atoms with Gasteiger partial charge in [0.05, 0.1) is 32.7 Å². The lowest BCUT2D eigenvalue weighted by Gasteiger charge is -2.13. The second-order valence-electron chi connectivity index (χ2n) is 5.97. The second kappa shape index (κ2) is 6.90. The maximum atomic E-state index is 9.93. The first-order valence-electron chi connectivity index (χ1n) is 8.16. The van der Waals surface area contributed by atoms with Crippen molar-refractivity contribution >= 4 is 17.0 Å². The van der Waals surface area contributed by atoms with Crippen molar-refractivity contribution < 1.29 is 24.1 Å². The van der Waals surface area contributed by atoms with Crippen LogP contribution in [0.4, 0.5) is 5.82 Å². The summed E-state index contributed by atoms with van der Waals surface area (Å²) in [5.41, 5.74) is 1.16. The van der Waals surface area contributed by atoms with Crippen molar-refractivity contribution in [3.05, 3.63) is 30.7 Å². The molecule has 0 amide bonds. The van der Waals surface area contributed by atoms with Gasteiger partial charge in [-0.15, -0.1) is 0 Å². The molecule has 3 N–H and O–H groups in total. The van der Waals surface area contributed by atoms with Gasteiger partial charge in [0.1, 0.15) is 30.7 Å². The van der Waals surface area contributed by atoms with Crippen molar-refractivity contribution in [1.82, 2.24) is 19.5 Å². The van der Waals surface area contributed by atoms with Gasteiger partial charge in [0.2, 0.25) is 0 Å². The fraction of sp³-hybridized carbons (Fsp3) is 0.438. The maximum absolute atomic E-state index is 9.93. The van der Waals surface area contributed by atoms with Crippen LogP contribution in [0.5, 0.6) is 5.75 Å². The second-order valence-corrected chi connectivity index (χ2v) is 5.97. The van der Waals surface area contributed by atoms with E-state index in [0.717, 1.165) is 0 Å². The number of imidazole rings is 1. The van der Waals surface area contributed by atoms with Crippen LogP contribution in [0.1, 0.15) is 18.4 Å². The molecule has 0 saturated carbocycles. The number of fused-ring (bicyclic) bond motifs is 1. The van der Waals surface area contributed by atoms with Crippen LogP contribution < -0.4 is 10.1 Å². The van der Waals surface area contributed by atoms with Crippen LogP contribution >= 0.6 is 0 Å². The summed E-state index contributed by atoms with van der Waals surface area (Å²) in [6.07, 6.45) is 3.14. The number of furan rings is 1. The summed E-state index contributed by atoms with van der Waals surface area (Å²) in [5, 5.41) is 22.3. The zero-order valence-electron chi connectivity index (χ0n) is 14.1. The Morgan fingerprint density at radius 1 is 1.38 bits per heavy atom. The average molecular weight is 361 g/mol. The molecule has 26 heavy (non-hydrogen) atoms. The number of aliphatic hydroxyl groups is 2. The fourth-order valence-electron chi connectivity index (χ4n) is 2.97. The largest absolute Gasteiger partial charge is 0.493 e. The Labute approximate surface area is 148 Å². The molecule has 0 aromatic carbocycles. The van der Waals surface area contributed by atoms with Gasteiger partial charge in [0.25, 0.3) is 0 Å². The highest BCUT2D eigenvalue weighted by Gasteiger charge is 2.35. The molecule has 138 valence electrons. The molecule has 3 aromatic heterocycles. The van der Waals surface area contributed by atoms with Crippen LogP contribution in [0.25, 0.3) is 11.2 Å². The summed E-state index contributed by atoms with van der Waals surface area (Å²) in [5.74, 6) is 1.90. The van der Waals surface area contributed by atoms with Gasteiger partial charge in [-0.2, -0.15) is 0 Å². The van der Waals surface area contributed by atoms with E-state index in [1.54, 1.807) is 24.1 Å². The minimum Gasteiger partial charge on any atom is -0.493 e. The van der Waals surface area contributed by atoms with Crippen LogP contribution in [0, 0.1) is 0 Å². The van der Waals surface area contributed by atoms with E-state index in [1.165, 1.54) is 12.6 Å². The first-order valence-corrected chi connectivity index (χ1v) is 8.16. The molecule has 1 fully saturated rings. The van der Waals surface area contributed by atoms with E-state index in [9.17, 15) is 10.2 Å². The van der Waals surface area contributed by atoms with Crippen molar-refractivity contribution in [3.8, 4) is 5.75 Å². The monoisotopic (exact) mass is 361 g/mol. The molecule has 0 aliphatic carbocycles. The highest BCUT2D eigenvalue weighted by atomic mass is 16.5. The van der Waals surface area contributed by atoms with Crippen molar-refractivity contribution in [2.75, 3.05) is 19.0 Å². The van der Waals surface area contributed by atoms with Crippen molar-refractivity contribution in [2.24, 2.45) is 0 Å². The van der Waals surface area contributed by atoms with Crippen LogP contribution in [-0.2, 0) is 11.3 Å². The van der Waals surface area contributed by atoms with Gasteiger partial charge in [-0.25, -0.2) is 15.0 Å². The van der Waals surface area contributed by atoms with Gasteiger partial charge in [-0.3, -0.25) is 4.57 Å². The summed E-state index contributed by atoms with van der Waals surface area (Å²) in [7, 11) is 1.58. The van der Waals surface area contributed by atoms with Crippen molar-refractivity contribution in [1.29, 1.82) is 0 Å². The lowest BCUT2D eigenvalue weighted by Crippen LogP contribution is -2.24. The number of rotatable bonds is 6. The number of hydrogen-bond donors (Lipinski definition) is 3. The molecule has 1 aliphatic rings. The molecule has 10 heteroatoms. The van der Waals surface area contributed by atoms with Gasteiger partial charge in [0.15, 0.2) is 22.7 Å². The normalized spacial score (nSPS) is 22.8. The molecule has 10 nitrogen and oxygen atoms in total. The number of aromatic nitrogens is 4. The standard InChI is InChI=1S/C16H19N5O5/c1-24-10-2-9(25-6-10)4-17-15-14-16(19-7-18-15)21(8-20-14)13-3-11(23)12(5-22)26-13/h2,6-8,11-13,22-23H,3-5H2,1H3,(H,17,18,19)/t11-,12+,13?/m0/s1. The zero-order valence-corrected chi connectivity index (χ0v) is 14.1. The van der Waals surface area contributed by atoms with Crippen LogP contribution in [0.2, 0.25) is 0 Å². The van der Waals surface area contributed by atoms with E-state index < -0.39 is 18.4 Å². The lowest BCUT2D eigenvalue weighted by atomic mass is 10.2. The van der Waals surface area contributed by atoms with Gasteiger partial charge >= 0.3 is 0 Å². The van der Waals surface area contributed by atoms with Crippen molar-refractivity contribution in [3.63, 3.8) is 0 Å². The van der Waals surface area contributed by atoms with Crippen LogP contribution in [-0.4, -0.2) is 55.7 Å². The SMILES string of the molecule is COc1coc(CNc2ncnc3c2ncn3C2C[C@H](O)[C@@H](CO)O2)c1. The van der Waals surface area contributed by atoms with E-state index >= 15 is 0 Å². The Bertz CT molecular complexity index is 894. The van der Waals surface area contributed by atoms with Crippen molar-refractivity contribution in [2.45, 2.75) is 31.4 Å². The lowest BCUT2D eigenvalue weighted by molar-refractivity contribution is -0.0432. The third-order valence-electron chi connectivity index (χ3n) is 4.35. The molecule has 1 aliphatic heterocycles. The summed E-state index contributed by atoms with van der Waals surface area (Å²) < 4.78 is 17.9. The number of ether oxygens (including phenoxy) is 2. The average Bonchev–Trinajstić information content (AvgIpc) is 3.37. The van der Waals surface area contributed by atoms with Crippen LogP contribution in [0.3, 0.4) is 0 Å². The number of nitrogens with one attached hydrogen (secondary N) is 1. The minimum atomic E-state index is -0.726. The number of anilines is 1. The van der Waals surface area contributed by atoms with E-state index in [4.69, 9.17) is 13.9 Å². The number of nitrogens with zero attached hydrogens (tertiary/aromatic N) is 4. The number of methoxy groups -OCH3 is 1. The quantitative estimate of drug-likeness (QED) is 0.580. The maximum Gasteiger partial charge on any atom is 0.167 e. The zero-order chi connectivity index (χ0) is 18.1. The first kappa shape index (κ1) is 16.8. The number of aliphatic hydroxyl groups excluding tert-OH is 2. The summed E-state index contributed by atoms with van der Waals surface area (Å²) in [6.45, 7) is 0.173. The molecule has 4 heterocycles. The Morgan fingerprint density at radius 3 is 3.00 bits per heavy atom. The summed E-state index contributed by atoms with van der Waals surface area (Å²) in [4.78, 5) is 12.9. The Balaban J connectivity index is 1.55. The molecule has 0 radical (unpaired) electrons. The molecule has 4 rings (SSSR count). The van der Waals surface area contributed by atoms with Crippen LogP contribution in [0.15, 0.2) is 29.4 Å². The third-order valence-corrected chi connectivity index (χ3v) is 4.35. The minimum absolute atomic E-state index is 0.237. The fourth-order valence-corrected chi connectivity index (χ4v) is 2.97. The van der Waals surface area contributed by atoms with E-state index in [2.05, 4.69) is 20.3 Å². The number of hydrogen-bond acceptors (Lipinski definition) is 9. The topological polar surface area (TPSA) is 128 Å².